The Morgan fingerprint density at radius 1 is 1.35 bits per heavy atom. The van der Waals surface area contributed by atoms with Crippen molar-refractivity contribution in [2.45, 2.75) is 20.4 Å². The summed E-state index contributed by atoms with van der Waals surface area (Å²) in [5.41, 5.74) is 2.67. The average molecular weight is 280 g/mol. The fourth-order valence-corrected chi connectivity index (χ4v) is 2.59. The number of nitrogens with zero attached hydrogens (tertiary/aromatic N) is 2. The third-order valence-electron chi connectivity index (χ3n) is 3.58. The normalized spacial score (nSPS) is 17.6. The second kappa shape index (κ2) is 6.88. The molecule has 1 aromatic rings. The molecule has 6 nitrogen and oxygen atoms in total. The van der Waals surface area contributed by atoms with Gasteiger partial charge in [-0.05, 0) is 12.0 Å². The molecular weight excluding hydrogens is 256 g/mol. The number of hydrazine groups is 1. The zero-order valence-corrected chi connectivity index (χ0v) is 12.3. The van der Waals surface area contributed by atoms with Crippen LogP contribution in [0.15, 0.2) is 16.7 Å². The second-order valence-corrected chi connectivity index (χ2v) is 5.70. The van der Waals surface area contributed by atoms with Crippen LogP contribution >= 0.6 is 0 Å². The highest BCUT2D eigenvalue weighted by Crippen LogP contribution is 2.15. The first-order chi connectivity index (χ1) is 9.60. The highest BCUT2D eigenvalue weighted by molar-refractivity contribution is 5.94. The number of hydrogen-bond donors (Lipinski definition) is 2. The Kier molecular flexibility index (Phi) is 5.17. The largest absolute Gasteiger partial charge is 0.467 e. The first kappa shape index (κ1) is 15.0. The number of amides is 1. The number of nitrogens with one attached hydrogen (secondary N) is 1. The molecule has 0 aromatic carbocycles. The van der Waals surface area contributed by atoms with Gasteiger partial charge in [0.25, 0.3) is 5.91 Å². The Hall–Kier alpha value is -1.37. The maximum atomic E-state index is 11.6. The molecule has 0 bridgehead atoms. The molecule has 1 aliphatic rings. The zero-order valence-electron chi connectivity index (χ0n) is 12.3. The van der Waals surface area contributed by atoms with Crippen LogP contribution in [0.2, 0.25) is 0 Å². The minimum atomic E-state index is -0.299. The molecule has 20 heavy (non-hydrogen) atoms. The third-order valence-corrected chi connectivity index (χ3v) is 3.58. The van der Waals surface area contributed by atoms with Gasteiger partial charge in [-0.15, -0.1) is 0 Å². The van der Waals surface area contributed by atoms with Crippen LogP contribution in [0.3, 0.4) is 0 Å². The predicted octanol–water partition coefficient (Wildman–Crippen LogP) is 0.657. The van der Waals surface area contributed by atoms with Crippen molar-refractivity contribution in [2.24, 2.45) is 11.8 Å². The van der Waals surface area contributed by atoms with Crippen LogP contribution in [-0.2, 0) is 6.54 Å². The van der Waals surface area contributed by atoms with Crippen LogP contribution in [0, 0.1) is 5.92 Å². The number of carbonyl (C=O) groups is 1. The summed E-state index contributed by atoms with van der Waals surface area (Å²) in [4.78, 5) is 16.4. The molecular formula is C14H24N4O2. The van der Waals surface area contributed by atoms with Gasteiger partial charge in [-0.3, -0.25) is 15.1 Å². The van der Waals surface area contributed by atoms with E-state index in [2.05, 4.69) is 29.1 Å². The number of nitrogens with two attached hydrogens (primary N) is 1. The van der Waals surface area contributed by atoms with E-state index in [0.29, 0.717) is 23.8 Å². The van der Waals surface area contributed by atoms with Crippen molar-refractivity contribution >= 4 is 5.91 Å². The lowest BCUT2D eigenvalue weighted by molar-refractivity contribution is 0.0941. The van der Waals surface area contributed by atoms with E-state index in [-0.39, 0.29) is 5.91 Å². The summed E-state index contributed by atoms with van der Waals surface area (Å²) < 4.78 is 5.41. The van der Waals surface area contributed by atoms with E-state index in [0.717, 1.165) is 32.7 Å². The Bertz CT molecular complexity index is 436. The topological polar surface area (TPSA) is 74.7 Å². The number of hydrogen-bond acceptors (Lipinski definition) is 5. The van der Waals surface area contributed by atoms with Gasteiger partial charge in [0, 0.05) is 32.7 Å². The molecule has 0 radical (unpaired) electrons. The van der Waals surface area contributed by atoms with E-state index >= 15 is 0 Å². The molecule has 1 fully saturated rings. The molecule has 1 saturated heterocycles. The highest BCUT2D eigenvalue weighted by Gasteiger charge is 2.21. The van der Waals surface area contributed by atoms with Crippen molar-refractivity contribution in [3.05, 3.63) is 23.7 Å². The Balaban J connectivity index is 1.87. The molecule has 6 heteroatoms. The Labute approximate surface area is 119 Å². The summed E-state index contributed by atoms with van der Waals surface area (Å²) >= 11 is 0. The number of nitrogen functional groups attached to an aromatic ring is 1. The lowest BCUT2D eigenvalue weighted by atomic mass is 10.2. The molecule has 1 aliphatic heterocycles. The Morgan fingerprint density at radius 2 is 2.00 bits per heavy atom. The van der Waals surface area contributed by atoms with Crippen molar-refractivity contribution in [1.29, 1.82) is 0 Å². The summed E-state index contributed by atoms with van der Waals surface area (Å²) in [6.45, 7) is 10.4. The molecule has 3 N–H and O–H groups in total. The van der Waals surface area contributed by atoms with Crippen LogP contribution in [0.5, 0.6) is 0 Å². The van der Waals surface area contributed by atoms with E-state index in [1.807, 2.05) is 0 Å². The van der Waals surface area contributed by atoms with E-state index < -0.39 is 0 Å². The van der Waals surface area contributed by atoms with Gasteiger partial charge in [0.15, 0.2) is 0 Å². The van der Waals surface area contributed by atoms with E-state index in [1.165, 1.54) is 6.26 Å². The van der Waals surface area contributed by atoms with Gasteiger partial charge in [0.05, 0.1) is 18.4 Å². The SMILES string of the molecule is CC(C)CN1CCN(Cc2occc2C(=O)NN)CC1. The molecule has 1 aromatic heterocycles. The minimum Gasteiger partial charge on any atom is -0.467 e. The fraction of sp³-hybridized carbons (Fsp3) is 0.643. The molecule has 0 unspecified atom stereocenters. The predicted molar refractivity (Wildman–Crippen MR) is 76.9 cm³/mol. The van der Waals surface area contributed by atoms with Gasteiger partial charge in [-0.2, -0.15) is 0 Å². The first-order valence-corrected chi connectivity index (χ1v) is 7.12. The van der Waals surface area contributed by atoms with Crippen molar-refractivity contribution < 1.29 is 9.21 Å². The van der Waals surface area contributed by atoms with Gasteiger partial charge < -0.3 is 9.32 Å². The van der Waals surface area contributed by atoms with E-state index in [4.69, 9.17) is 10.3 Å². The molecule has 0 saturated carbocycles. The summed E-state index contributed by atoms with van der Waals surface area (Å²) in [5, 5.41) is 0. The number of furan rings is 1. The van der Waals surface area contributed by atoms with E-state index in [1.54, 1.807) is 6.07 Å². The maximum Gasteiger partial charge on any atom is 0.268 e. The zero-order chi connectivity index (χ0) is 14.5. The molecule has 1 amide bonds. The van der Waals surface area contributed by atoms with Gasteiger partial charge in [0.2, 0.25) is 0 Å². The summed E-state index contributed by atoms with van der Waals surface area (Å²) in [7, 11) is 0. The number of piperazine rings is 1. The van der Waals surface area contributed by atoms with Gasteiger partial charge >= 0.3 is 0 Å². The maximum absolute atomic E-state index is 11.6. The van der Waals surface area contributed by atoms with Crippen LogP contribution in [0.25, 0.3) is 0 Å². The van der Waals surface area contributed by atoms with Crippen LogP contribution in [0.4, 0.5) is 0 Å². The van der Waals surface area contributed by atoms with Crippen molar-refractivity contribution in [3.8, 4) is 0 Å². The number of carbonyl (C=O) groups excluding carboxylic acids is 1. The summed E-state index contributed by atoms with van der Waals surface area (Å²) in [5.74, 6) is 6.26. The van der Waals surface area contributed by atoms with Crippen molar-refractivity contribution in [2.75, 3.05) is 32.7 Å². The molecule has 0 atom stereocenters. The second-order valence-electron chi connectivity index (χ2n) is 5.70. The molecule has 112 valence electrons. The minimum absolute atomic E-state index is 0.299. The molecule has 0 spiro atoms. The first-order valence-electron chi connectivity index (χ1n) is 7.12. The summed E-state index contributed by atoms with van der Waals surface area (Å²) in [6, 6.07) is 1.66. The van der Waals surface area contributed by atoms with Gasteiger partial charge in [-0.1, -0.05) is 13.8 Å². The average Bonchev–Trinajstić information content (AvgIpc) is 2.87. The van der Waals surface area contributed by atoms with Crippen LogP contribution < -0.4 is 11.3 Å². The van der Waals surface area contributed by atoms with Gasteiger partial charge in [0.1, 0.15) is 5.76 Å². The molecule has 2 rings (SSSR count). The standard InChI is InChI=1S/C14H24N4O2/c1-11(2)9-17-4-6-18(7-5-17)10-13-12(3-8-20-13)14(19)16-15/h3,8,11H,4-7,9-10,15H2,1-2H3,(H,16,19). The van der Waals surface area contributed by atoms with Gasteiger partial charge in [-0.25, -0.2) is 5.84 Å². The van der Waals surface area contributed by atoms with Crippen molar-refractivity contribution in [3.63, 3.8) is 0 Å². The quantitative estimate of drug-likeness (QED) is 0.471. The third kappa shape index (κ3) is 3.82. The van der Waals surface area contributed by atoms with Crippen LogP contribution in [-0.4, -0.2) is 48.4 Å². The van der Waals surface area contributed by atoms with E-state index in [9.17, 15) is 4.79 Å². The highest BCUT2D eigenvalue weighted by atomic mass is 16.3. The smallest absolute Gasteiger partial charge is 0.268 e. The van der Waals surface area contributed by atoms with Crippen LogP contribution in [0.1, 0.15) is 30.0 Å². The monoisotopic (exact) mass is 280 g/mol. The fourth-order valence-electron chi connectivity index (χ4n) is 2.59. The Morgan fingerprint density at radius 3 is 2.60 bits per heavy atom. The van der Waals surface area contributed by atoms with Crippen molar-refractivity contribution in [1.82, 2.24) is 15.2 Å². The number of rotatable bonds is 5. The molecule has 2 heterocycles. The summed E-state index contributed by atoms with van der Waals surface area (Å²) in [6.07, 6.45) is 1.54. The lowest BCUT2D eigenvalue weighted by Crippen LogP contribution is -2.47. The lowest BCUT2D eigenvalue weighted by Gasteiger charge is -2.35. The molecule has 0 aliphatic carbocycles.